The predicted octanol–water partition coefficient (Wildman–Crippen LogP) is 4.34. The molecule has 6 nitrogen and oxygen atoms in total. The Hall–Kier alpha value is -2.00. The lowest BCUT2D eigenvalue weighted by atomic mass is 10.2. The zero-order valence-electron chi connectivity index (χ0n) is 17.1. The van der Waals surface area contributed by atoms with Gasteiger partial charge in [-0.1, -0.05) is 42.0 Å². The number of rotatable bonds is 8. The Morgan fingerprint density at radius 3 is 2.53 bits per heavy atom. The quantitative estimate of drug-likeness (QED) is 0.494. The Bertz CT molecular complexity index is 1160. The number of fused-ring (bicyclic) bond motifs is 1. The van der Waals surface area contributed by atoms with Crippen molar-refractivity contribution in [1.29, 1.82) is 0 Å². The number of carbonyl (C=O) groups excluding carboxylic acids is 1. The van der Waals surface area contributed by atoms with Crippen molar-refractivity contribution in [1.82, 2.24) is 9.88 Å². The molecular weight excluding hydrogens is 442 g/mol. The van der Waals surface area contributed by atoms with Gasteiger partial charge in [0.2, 0.25) is 0 Å². The molecule has 30 heavy (non-hydrogen) atoms. The number of halogens is 1. The Morgan fingerprint density at radius 2 is 1.87 bits per heavy atom. The minimum absolute atomic E-state index is 0.0203. The Balaban J connectivity index is 2.00. The lowest BCUT2D eigenvalue weighted by Gasteiger charge is -2.21. The molecule has 0 aliphatic carbocycles. The monoisotopic (exact) mass is 465 g/mol. The summed E-state index contributed by atoms with van der Waals surface area (Å²) >= 11 is 7.67. The van der Waals surface area contributed by atoms with Gasteiger partial charge in [-0.05, 0) is 57.4 Å². The van der Waals surface area contributed by atoms with Gasteiger partial charge >= 0.3 is 0 Å². The van der Waals surface area contributed by atoms with E-state index in [1.165, 1.54) is 23.5 Å². The minimum Gasteiger partial charge on any atom is -0.309 e. The summed E-state index contributed by atoms with van der Waals surface area (Å²) in [5, 5.41) is 1.08. The Labute approximate surface area is 186 Å². The van der Waals surface area contributed by atoms with Crippen LogP contribution in [-0.4, -0.2) is 57.1 Å². The lowest BCUT2D eigenvalue weighted by molar-refractivity contribution is 0.0986. The van der Waals surface area contributed by atoms with Gasteiger partial charge in [0.25, 0.3) is 5.91 Å². The van der Waals surface area contributed by atoms with Crippen molar-refractivity contribution in [3.63, 3.8) is 0 Å². The molecule has 0 spiro atoms. The average molecular weight is 466 g/mol. The van der Waals surface area contributed by atoms with Gasteiger partial charge in [-0.25, -0.2) is 13.4 Å². The van der Waals surface area contributed by atoms with Gasteiger partial charge in [-0.3, -0.25) is 9.69 Å². The van der Waals surface area contributed by atoms with E-state index < -0.39 is 9.84 Å². The van der Waals surface area contributed by atoms with E-state index in [-0.39, 0.29) is 16.6 Å². The summed E-state index contributed by atoms with van der Waals surface area (Å²) < 4.78 is 25.4. The number of hydrogen-bond acceptors (Lipinski definition) is 6. The summed E-state index contributed by atoms with van der Waals surface area (Å²) in [5.41, 5.74) is 0.978. The molecule has 160 valence electrons. The third-order valence-electron chi connectivity index (χ3n) is 4.64. The van der Waals surface area contributed by atoms with Crippen LogP contribution in [0.1, 0.15) is 23.7 Å². The first kappa shape index (κ1) is 22.7. The van der Waals surface area contributed by atoms with Gasteiger partial charge in [-0.15, -0.1) is 0 Å². The van der Waals surface area contributed by atoms with Crippen LogP contribution in [0.25, 0.3) is 10.2 Å². The summed E-state index contributed by atoms with van der Waals surface area (Å²) in [6, 6.07) is 11.7. The van der Waals surface area contributed by atoms with Crippen LogP contribution >= 0.6 is 22.9 Å². The number of sulfone groups is 1. The molecule has 0 aliphatic heterocycles. The van der Waals surface area contributed by atoms with Crippen molar-refractivity contribution in [2.45, 2.75) is 18.2 Å². The van der Waals surface area contributed by atoms with Crippen molar-refractivity contribution in [2.75, 3.05) is 37.8 Å². The number of hydrogen-bond donors (Lipinski definition) is 0. The largest absolute Gasteiger partial charge is 0.309 e. The third-order valence-corrected chi connectivity index (χ3v) is 7.72. The molecule has 0 aliphatic rings. The molecule has 0 radical (unpaired) electrons. The average Bonchev–Trinajstić information content (AvgIpc) is 3.16. The van der Waals surface area contributed by atoms with Crippen LogP contribution in [0.2, 0.25) is 5.02 Å². The fourth-order valence-electron chi connectivity index (χ4n) is 2.99. The van der Waals surface area contributed by atoms with Crippen LogP contribution < -0.4 is 4.90 Å². The van der Waals surface area contributed by atoms with E-state index in [4.69, 9.17) is 11.6 Å². The molecule has 1 aromatic heterocycles. The van der Waals surface area contributed by atoms with Crippen LogP contribution in [0.4, 0.5) is 5.13 Å². The smallest absolute Gasteiger partial charge is 0.260 e. The van der Waals surface area contributed by atoms with E-state index in [0.717, 1.165) is 17.7 Å². The maximum atomic E-state index is 13.4. The number of amides is 1. The molecule has 0 N–H and O–H groups in total. The van der Waals surface area contributed by atoms with Crippen LogP contribution in [0.15, 0.2) is 47.4 Å². The van der Waals surface area contributed by atoms with E-state index in [2.05, 4.69) is 4.98 Å². The normalized spacial score (nSPS) is 11.9. The van der Waals surface area contributed by atoms with Gasteiger partial charge in [-0.2, -0.15) is 0 Å². The van der Waals surface area contributed by atoms with E-state index in [9.17, 15) is 13.2 Å². The van der Waals surface area contributed by atoms with Gasteiger partial charge in [0, 0.05) is 12.1 Å². The minimum atomic E-state index is -3.41. The standard InChI is InChI=1S/C21H24ClN3O3S2/c1-4-30(27,28)16-9-5-8-15(14-16)20(26)25(13-7-12-24(2)3)21-23-19-17(22)10-6-11-18(19)29-21/h5-6,8-11,14H,4,7,12-13H2,1-3H3. The van der Waals surface area contributed by atoms with E-state index in [1.807, 2.05) is 31.1 Å². The number of anilines is 1. The first-order valence-electron chi connectivity index (χ1n) is 9.57. The molecule has 0 bridgehead atoms. The van der Waals surface area contributed by atoms with Gasteiger partial charge in [0.1, 0.15) is 5.52 Å². The van der Waals surface area contributed by atoms with Crippen LogP contribution in [-0.2, 0) is 9.84 Å². The number of thiazole rings is 1. The number of para-hydroxylation sites is 1. The van der Waals surface area contributed by atoms with Crippen LogP contribution in [0, 0.1) is 0 Å². The van der Waals surface area contributed by atoms with Crippen molar-refractivity contribution >= 4 is 54.0 Å². The molecule has 3 aromatic rings. The second-order valence-electron chi connectivity index (χ2n) is 7.13. The topological polar surface area (TPSA) is 70.6 Å². The molecule has 9 heteroatoms. The Kier molecular flexibility index (Phi) is 7.13. The molecule has 3 rings (SSSR count). The van der Waals surface area contributed by atoms with Crippen molar-refractivity contribution < 1.29 is 13.2 Å². The molecule has 0 fully saturated rings. The number of benzene rings is 2. The lowest BCUT2D eigenvalue weighted by Crippen LogP contribution is -2.33. The third kappa shape index (κ3) is 5.00. The molecule has 1 amide bonds. The molecule has 0 saturated carbocycles. The summed E-state index contributed by atoms with van der Waals surface area (Å²) in [5.74, 6) is -0.301. The molecule has 0 unspecified atom stereocenters. The molecule has 2 aromatic carbocycles. The Morgan fingerprint density at radius 1 is 1.13 bits per heavy atom. The number of nitrogens with zero attached hydrogens (tertiary/aromatic N) is 3. The SMILES string of the molecule is CCS(=O)(=O)c1cccc(C(=O)N(CCCN(C)C)c2nc3c(Cl)cccc3s2)c1. The van der Waals surface area contributed by atoms with E-state index >= 15 is 0 Å². The summed E-state index contributed by atoms with van der Waals surface area (Å²) in [7, 11) is 0.543. The highest BCUT2D eigenvalue weighted by Crippen LogP contribution is 2.33. The highest BCUT2D eigenvalue weighted by molar-refractivity contribution is 7.91. The maximum absolute atomic E-state index is 13.4. The first-order valence-corrected chi connectivity index (χ1v) is 12.4. The highest BCUT2D eigenvalue weighted by atomic mass is 35.5. The fourth-order valence-corrected chi connectivity index (χ4v) is 5.21. The summed E-state index contributed by atoms with van der Waals surface area (Å²) in [4.78, 5) is 21.8. The second kappa shape index (κ2) is 9.43. The van der Waals surface area contributed by atoms with E-state index in [1.54, 1.807) is 30.0 Å². The number of aromatic nitrogens is 1. The summed E-state index contributed by atoms with van der Waals surface area (Å²) in [6.07, 6.45) is 0.745. The van der Waals surface area contributed by atoms with Gasteiger partial charge in [0.15, 0.2) is 15.0 Å². The molecular formula is C21H24ClN3O3S2. The highest BCUT2D eigenvalue weighted by Gasteiger charge is 2.23. The molecule has 1 heterocycles. The second-order valence-corrected chi connectivity index (χ2v) is 10.8. The number of carbonyl (C=O) groups is 1. The van der Waals surface area contributed by atoms with Gasteiger partial charge in [0.05, 0.1) is 20.4 Å². The predicted molar refractivity (Wildman–Crippen MR) is 124 cm³/mol. The van der Waals surface area contributed by atoms with Crippen molar-refractivity contribution in [2.24, 2.45) is 0 Å². The van der Waals surface area contributed by atoms with Gasteiger partial charge < -0.3 is 4.90 Å². The zero-order valence-corrected chi connectivity index (χ0v) is 19.5. The zero-order chi connectivity index (χ0) is 21.9. The van der Waals surface area contributed by atoms with Crippen molar-refractivity contribution in [3.8, 4) is 0 Å². The molecule has 0 saturated heterocycles. The maximum Gasteiger partial charge on any atom is 0.260 e. The van der Waals surface area contributed by atoms with Crippen LogP contribution in [0.3, 0.4) is 0 Å². The van der Waals surface area contributed by atoms with Crippen LogP contribution in [0.5, 0.6) is 0 Å². The first-order chi connectivity index (χ1) is 14.2. The summed E-state index contributed by atoms with van der Waals surface area (Å²) in [6.45, 7) is 2.85. The molecule has 0 atom stereocenters. The van der Waals surface area contributed by atoms with E-state index in [0.29, 0.717) is 27.8 Å². The fraction of sp³-hybridized carbons (Fsp3) is 0.333. The van der Waals surface area contributed by atoms with Crippen molar-refractivity contribution in [3.05, 3.63) is 53.1 Å².